The number of rotatable bonds is 7. The van der Waals surface area contributed by atoms with E-state index in [4.69, 9.17) is 16.7 Å². The second-order valence-corrected chi connectivity index (χ2v) is 7.67. The van der Waals surface area contributed by atoms with Crippen molar-refractivity contribution in [1.29, 1.82) is 0 Å². The van der Waals surface area contributed by atoms with Crippen LogP contribution in [-0.4, -0.2) is 31.4 Å². The summed E-state index contributed by atoms with van der Waals surface area (Å²) in [6, 6.07) is 0.179. The third-order valence-corrected chi connectivity index (χ3v) is 4.72. The molecule has 0 saturated carbocycles. The molecule has 0 radical (unpaired) electrons. The third kappa shape index (κ3) is 5.43. The Kier molecular flexibility index (Phi) is 6.70. The van der Waals surface area contributed by atoms with Gasteiger partial charge in [-0.3, -0.25) is 9.59 Å². The minimum atomic E-state index is -4.45. The number of halogens is 2. The molecule has 0 saturated heterocycles. The number of hydrogen-bond acceptors (Lipinski definition) is 4. The summed E-state index contributed by atoms with van der Waals surface area (Å²) in [6.07, 6.45) is 0.0356. The number of carboxylic acid groups (broad SMARTS) is 1. The highest BCUT2D eigenvalue weighted by molar-refractivity contribution is 7.89. The van der Waals surface area contributed by atoms with E-state index in [1.807, 2.05) is 4.72 Å². The first-order valence-electron chi connectivity index (χ1n) is 6.95. The molecule has 1 atom stereocenters. The van der Waals surface area contributed by atoms with E-state index in [9.17, 15) is 22.4 Å². The normalized spacial score (nSPS) is 12.9. The first-order valence-corrected chi connectivity index (χ1v) is 8.82. The van der Waals surface area contributed by atoms with Crippen molar-refractivity contribution in [1.82, 2.24) is 4.72 Å². The largest absolute Gasteiger partial charge is 0.480 e. The molecule has 1 rings (SSSR count). The van der Waals surface area contributed by atoms with Crippen molar-refractivity contribution in [3.8, 4) is 0 Å². The van der Waals surface area contributed by atoms with Gasteiger partial charge in [0.05, 0.1) is 10.7 Å². The maximum Gasteiger partial charge on any atom is 0.321 e. The zero-order valence-electron chi connectivity index (χ0n) is 13.3. The Balaban J connectivity index is 3.20. The molecule has 0 aliphatic carbocycles. The van der Waals surface area contributed by atoms with Gasteiger partial charge in [0.25, 0.3) is 0 Å². The lowest BCUT2D eigenvalue weighted by Crippen LogP contribution is -2.41. The van der Waals surface area contributed by atoms with Crippen LogP contribution < -0.4 is 10.0 Å². The quantitative estimate of drug-likeness (QED) is 0.671. The zero-order valence-corrected chi connectivity index (χ0v) is 14.8. The highest BCUT2D eigenvalue weighted by Gasteiger charge is 2.29. The van der Waals surface area contributed by atoms with Crippen molar-refractivity contribution in [2.45, 2.75) is 38.1 Å². The van der Waals surface area contributed by atoms with Gasteiger partial charge in [-0.25, -0.2) is 12.8 Å². The Hall–Kier alpha value is -1.71. The molecule has 0 spiro atoms. The average Bonchev–Trinajstić information content (AvgIpc) is 2.40. The fourth-order valence-electron chi connectivity index (χ4n) is 1.94. The lowest BCUT2D eigenvalue weighted by Gasteiger charge is -2.17. The molecular formula is C14H18ClFN2O5S. The fourth-order valence-corrected chi connectivity index (χ4v) is 3.50. The highest BCUT2D eigenvalue weighted by atomic mass is 35.5. The fraction of sp³-hybridized carbons (Fsp3) is 0.429. The Morgan fingerprint density at radius 3 is 2.38 bits per heavy atom. The molecule has 0 fully saturated rings. The number of carbonyl (C=O) groups excluding carboxylic acids is 1. The van der Waals surface area contributed by atoms with Crippen LogP contribution in [-0.2, 0) is 19.6 Å². The number of sulfonamides is 1. The van der Waals surface area contributed by atoms with Crippen molar-refractivity contribution in [3.63, 3.8) is 0 Å². The smallest absolute Gasteiger partial charge is 0.321 e. The average molecular weight is 381 g/mol. The van der Waals surface area contributed by atoms with Crippen LogP contribution in [0, 0.1) is 11.7 Å². The summed E-state index contributed by atoms with van der Waals surface area (Å²) in [5.41, 5.74) is -0.0856. The number of carbonyl (C=O) groups is 2. The van der Waals surface area contributed by atoms with Gasteiger partial charge in [0.1, 0.15) is 16.8 Å². The van der Waals surface area contributed by atoms with Gasteiger partial charge in [-0.15, -0.1) is 0 Å². The van der Waals surface area contributed by atoms with Gasteiger partial charge in [0.2, 0.25) is 15.9 Å². The van der Waals surface area contributed by atoms with Gasteiger partial charge < -0.3 is 10.4 Å². The Morgan fingerprint density at radius 2 is 1.92 bits per heavy atom. The number of benzene rings is 1. The first-order chi connectivity index (χ1) is 10.9. The van der Waals surface area contributed by atoms with Gasteiger partial charge in [0, 0.05) is 13.0 Å². The van der Waals surface area contributed by atoms with E-state index in [1.165, 1.54) is 6.92 Å². The predicted octanol–water partition coefficient (Wildman–Crippen LogP) is 2.22. The standard InChI is InChI=1S/C14H18ClFN2O5S/c1-7(2)4-12(14(20)21)18-24(22,23)13-5-9(15)11(6-10(13)16)17-8(3)19/h5-7,12,18H,4H2,1-3H3,(H,17,19)(H,20,21)/t12-/m1/s1. The molecule has 1 amide bonds. The van der Waals surface area contributed by atoms with Gasteiger partial charge >= 0.3 is 5.97 Å². The number of nitrogens with one attached hydrogen (secondary N) is 2. The van der Waals surface area contributed by atoms with Crippen LogP contribution in [0.5, 0.6) is 0 Å². The lowest BCUT2D eigenvalue weighted by atomic mass is 10.1. The zero-order chi connectivity index (χ0) is 18.7. The second kappa shape index (κ2) is 7.91. The first kappa shape index (κ1) is 20.3. The number of hydrogen-bond donors (Lipinski definition) is 3. The van der Waals surface area contributed by atoms with Crippen LogP contribution >= 0.6 is 11.6 Å². The van der Waals surface area contributed by atoms with E-state index in [1.54, 1.807) is 13.8 Å². The van der Waals surface area contributed by atoms with Crippen LogP contribution in [0.4, 0.5) is 10.1 Å². The molecule has 10 heteroatoms. The summed E-state index contributed by atoms with van der Waals surface area (Å²) < 4.78 is 40.6. The Morgan fingerprint density at radius 1 is 1.33 bits per heavy atom. The van der Waals surface area contributed by atoms with Crippen molar-refractivity contribution in [2.24, 2.45) is 5.92 Å². The maximum atomic E-state index is 14.1. The van der Waals surface area contributed by atoms with Crippen molar-refractivity contribution < 1.29 is 27.5 Å². The van der Waals surface area contributed by atoms with Crippen molar-refractivity contribution in [3.05, 3.63) is 23.0 Å². The summed E-state index contributed by atoms with van der Waals surface area (Å²) in [5.74, 6) is -3.13. The maximum absolute atomic E-state index is 14.1. The summed E-state index contributed by atoms with van der Waals surface area (Å²) in [5, 5.41) is 11.2. The summed E-state index contributed by atoms with van der Waals surface area (Å²) in [4.78, 5) is 21.4. The Bertz CT molecular complexity index is 752. The summed E-state index contributed by atoms with van der Waals surface area (Å²) in [7, 11) is -4.45. The topological polar surface area (TPSA) is 113 Å². The van der Waals surface area contributed by atoms with E-state index in [2.05, 4.69) is 5.32 Å². The van der Waals surface area contributed by atoms with Crippen LogP contribution in [0.1, 0.15) is 27.2 Å². The number of anilines is 1. The molecule has 7 nitrogen and oxygen atoms in total. The van der Waals surface area contributed by atoms with E-state index in [0.29, 0.717) is 0 Å². The van der Waals surface area contributed by atoms with Crippen LogP contribution in [0.2, 0.25) is 5.02 Å². The van der Waals surface area contributed by atoms with Crippen LogP contribution in [0.25, 0.3) is 0 Å². The minimum absolute atomic E-state index is 0.0356. The molecule has 24 heavy (non-hydrogen) atoms. The predicted molar refractivity (Wildman–Crippen MR) is 86.9 cm³/mol. The minimum Gasteiger partial charge on any atom is -0.480 e. The van der Waals surface area contributed by atoms with Crippen LogP contribution in [0.3, 0.4) is 0 Å². The van der Waals surface area contributed by atoms with Gasteiger partial charge in [-0.2, -0.15) is 4.72 Å². The molecular weight excluding hydrogens is 363 g/mol. The second-order valence-electron chi connectivity index (χ2n) is 5.59. The molecule has 0 aromatic heterocycles. The molecule has 0 heterocycles. The Labute approximate surface area is 144 Å². The number of amides is 1. The number of carboxylic acids is 1. The third-order valence-electron chi connectivity index (χ3n) is 2.92. The van der Waals surface area contributed by atoms with E-state index in [0.717, 1.165) is 12.1 Å². The molecule has 0 bridgehead atoms. The van der Waals surface area contributed by atoms with E-state index < -0.39 is 38.7 Å². The molecule has 1 aromatic rings. The monoisotopic (exact) mass is 380 g/mol. The molecule has 0 aliphatic heterocycles. The van der Waals surface area contributed by atoms with E-state index in [-0.39, 0.29) is 23.0 Å². The molecule has 0 aliphatic rings. The SMILES string of the molecule is CC(=O)Nc1cc(F)c(S(=O)(=O)N[C@H](CC(C)C)C(=O)O)cc1Cl. The number of aliphatic carboxylic acids is 1. The summed E-state index contributed by atoms with van der Waals surface area (Å²) >= 11 is 5.84. The van der Waals surface area contributed by atoms with Gasteiger partial charge in [-0.1, -0.05) is 25.4 Å². The van der Waals surface area contributed by atoms with Crippen LogP contribution in [0.15, 0.2) is 17.0 Å². The van der Waals surface area contributed by atoms with E-state index >= 15 is 0 Å². The molecule has 0 unspecified atom stereocenters. The van der Waals surface area contributed by atoms with Crippen molar-refractivity contribution in [2.75, 3.05) is 5.32 Å². The lowest BCUT2D eigenvalue weighted by molar-refractivity contribution is -0.139. The molecule has 3 N–H and O–H groups in total. The summed E-state index contributed by atoms with van der Waals surface area (Å²) in [6.45, 7) is 4.64. The van der Waals surface area contributed by atoms with Gasteiger partial charge in [-0.05, 0) is 18.4 Å². The highest BCUT2D eigenvalue weighted by Crippen LogP contribution is 2.28. The van der Waals surface area contributed by atoms with Gasteiger partial charge in [0.15, 0.2) is 0 Å². The molecule has 134 valence electrons. The molecule has 1 aromatic carbocycles. The van der Waals surface area contributed by atoms with Crippen molar-refractivity contribution >= 4 is 39.2 Å².